The van der Waals surface area contributed by atoms with E-state index in [-0.39, 0.29) is 30.0 Å². The average Bonchev–Trinajstić information content (AvgIpc) is 2.63. The van der Waals surface area contributed by atoms with E-state index >= 15 is 0 Å². The summed E-state index contributed by atoms with van der Waals surface area (Å²) in [5.74, 6) is -2.58. The van der Waals surface area contributed by atoms with Crippen LogP contribution in [0.15, 0.2) is 47.4 Å². The Labute approximate surface area is 168 Å². The number of carbonyl (C=O) groups excluding carboxylic acids is 1. The van der Waals surface area contributed by atoms with Gasteiger partial charge in [-0.05, 0) is 43.3 Å². The molecule has 1 aliphatic rings. The number of hydrogen-bond donors (Lipinski definition) is 2. The van der Waals surface area contributed by atoms with Gasteiger partial charge in [-0.15, -0.1) is 12.4 Å². The highest BCUT2D eigenvalue weighted by Crippen LogP contribution is 2.20. The van der Waals surface area contributed by atoms with Crippen molar-refractivity contribution in [2.24, 2.45) is 0 Å². The fraction of sp³-hybridized carbons (Fsp3) is 0.278. The van der Waals surface area contributed by atoms with Gasteiger partial charge < -0.3 is 10.2 Å². The summed E-state index contributed by atoms with van der Waals surface area (Å²) in [6.45, 7) is 3.87. The van der Waals surface area contributed by atoms with Crippen LogP contribution in [0.4, 0.5) is 14.5 Å². The van der Waals surface area contributed by atoms with Crippen LogP contribution in [0.25, 0.3) is 0 Å². The van der Waals surface area contributed by atoms with E-state index in [0.29, 0.717) is 31.3 Å². The highest BCUT2D eigenvalue weighted by molar-refractivity contribution is 7.92. The minimum absolute atomic E-state index is 0. The van der Waals surface area contributed by atoms with E-state index in [9.17, 15) is 22.0 Å². The number of rotatable bonds is 4. The lowest BCUT2D eigenvalue weighted by Gasteiger charge is -2.34. The molecule has 28 heavy (non-hydrogen) atoms. The number of anilines is 1. The predicted octanol–water partition coefficient (Wildman–Crippen LogP) is 2.62. The van der Waals surface area contributed by atoms with Gasteiger partial charge in [-0.3, -0.25) is 9.52 Å². The Morgan fingerprint density at radius 2 is 1.93 bits per heavy atom. The number of piperazine rings is 1. The number of amides is 1. The van der Waals surface area contributed by atoms with E-state index in [1.165, 1.54) is 12.1 Å². The molecule has 3 rings (SSSR count). The molecule has 0 unspecified atom stereocenters. The fourth-order valence-corrected chi connectivity index (χ4v) is 3.94. The maximum Gasteiger partial charge on any atom is 0.261 e. The molecule has 0 aromatic heterocycles. The van der Waals surface area contributed by atoms with Crippen LogP contribution in [-0.4, -0.2) is 44.9 Å². The van der Waals surface area contributed by atoms with E-state index in [0.717, 1.165) is 12.1 Å². The van der Waals surface area contributed by atoms with Crippen molar-refractivity contribution in [3.63, 3.8) is 0 Å². The quantitative estimate of drug-likeness (QED) is 0.780. The van der Waals surface area contributed by atoms with E-state index in [2.05, 4.69) is 10.0 Å². The molecule has 1 aliphatic heterocycles. The van der Waals surface area contributed by atoms with Gasteiger partial charge in [0, 0.05) is 36.9 Å². The summed E-state index contributed by atoms with van der Waals surface area (Å²) in [5.41, 5.74) is 0.502. The zero-order valence-corrected chi connectivity index (χ0v) is 16.6. The Morgan fingerprint density at radius 1 is 1.18 bits per heavy atom. The van der Waals surface area contributed by atoms with Crippen LogP contribution in [0.5, 0.6) is 0 Å². The van der Waals surface area contributed by atoms with Gasteiger partial charge in [0.25, 0.3) is 15.9 Å². The zero-order chi connectivity index (χ0) is 19.6. The highest BCUT2D eigenvalue weighted by atomic mass is 35.5. The summed E-state index contributed by atoms with van der Waals surface area (Å²) < 4.78 is 53.4. The van der Waals surface area contributed by atoms with E-state index in [4.69, 9.17) is 0 Å². The van der Waals surface area contributed by atoms with E-state index in [1.807, 2.05) is 6.92 Å². The molecular weight excluding hydrogens is 412 g/mol. The third-order valence-corrected chi connectivity index (χ3v) is 5.70. The highest BCUT2D eigenvalue weighted by Gasteiger charge is 2.24. The molecule has 10 heteroatoms. The molecule has 2 aromatic carbocycles. The van der Waals surface area contributed by atoms with Crippen molar-refractivity contribution in [1.82, 2.24) is 10.2 Å². The minimum Gasteiger partial charge on any atom is -0.333 e. The number of nitrogens with one attached hydrogen (secondary N) is 2. The molecule has 0 saturated carbocycles. The first-order valence-electron chi connectivity index (χ1n) is 8.37. The van der Waals surface area contributed by atoms with E-state index < -0.39 is 26.6 Å². The van der Waals surface area contributed by atoms with Crippen LogP contribution >= 0.6 is 12.4 Å². The third kappa shape index (κ3) is 4.78. The molecule has 1 saturated heterocycles. The van der Waals surface area contributed by atoms with Crippen LogP contribution < -0.4 is 10.0 Å². The molecule has 2 aromatic rings. The average molecular weight is 432 g/mol. The number of hydrogen-bond acceptors (Lipinski definition) is 4. The summed E-state index contributed by atoms with van der Waals surface area (Å²) in [6, 6.07) is 8.41. The molecule has 0 radical (unpaired) electrons. The van der Waals surface area contributed by atoms with Gasteiger partial charge in [-0.25, -0.2) is 17.2 Å². The monoisotopic (exact) mass is 431 g/mol. The Balaban J connectivity index is 0.00000280. The van der Waals surface area contributed by atoms with Gasteiger partial charge in [-0.2, -0.15) is 0 Å². The SMILES string of the molecule is C[C@@H]1CNCCN1C(=O)c1cccc(NS(=O)(=O)c2ccc(F)c(F)c2)c1.Cl. The lowest BCUT2D eigenvalue weighted by Crippen LogP contribution is -2.52. The van der Waals surface area contributed by atoms with Gasteiger partial charge in [-0.1, -0.05) is 6.07 Å². The Morgan fingerprint density at radius 3 is 2.61 bits per heavy atom. The second-order valence-electron chi connectivity index (χ2n) is 6.31. The van der Waals surface area contributed by atoms with Crippen molar-refractivity contribution in [3.8, 4) is 0 Å². The topological polar surface area (TPSA) is 78.5 Å². The number of benzene rings is 2. The molecular formula is C18H20ClF2N3O3S. The van der Waals surface area contributed by atoms with Crippen LogP contribution in [0, 0.1) is 11.6 Å². The lowest BCUT2D eigenvalue weighted by atomic mass is 10.1. The molecule has 0 spiro atoms. The number of sulfonamides is 1. The largest absolute Gasteiger partial charge is 0.333 e. The van der Waals surface area contributed by atoms with Crippen molar-refractivity contribution in [1.29, 1.82) is 0 Å². The number of nitrogens with zero attached hydrogens (tertiary/aromatic N) is 1. The van der Waals surface area contributed by atoms with Crippen LogP contribution in [0.1, 0.15) is 17.3 Å². The first kappa shape index (κ1) is 22.1. The second-order valence-corrected chi connectivity index (χ2v) is 8.00. The summed E-state index contributed by atoms with van der Waals surface area (Å²) >= 11 is 0. The molecule has 152 valence electrons. The van der Waals surface area contributed by atoms with Gasteiger partial charge >= 0.3 is 0 Å². The molecule has 2 N–H and O–H groups in total. The van der Waals surface area contributed by atoms with Gasteiger partial charge in [0.15, 0.2) is 11.6 Å². The first-order valence-corrected chi connectivity index (χ1v) is 9.86. The molecule has 0 aliphatic carbocycles. The smallest absolute Gasteiger partial charge is 0.261 e. The van der Waals surface area contributed by atoms with Gasteiger partial charge in [0.05, 0.1) is 4.90 Å². The maximum atomic E-state index is 13.3. The Hall–Kier alpha value is -2.23. The van der Waals surface area contributed by atoms with Crippen molar-refractivity contribution in [2.75, 3.05) is 24.4 Å². The third-order valence-electron chi connectivity index (χ3n) is 4.33. The van der Waals surface area contributed by atoms with Crippen molar-refractivity contribution >= 4 is 34.0 Å². The minimum atomic E-state index is -4.12. The molecule has 1 atom stereocenters. The molecule has 6 nitrogen and oxygen atoms in total. The summed E-state index contributed by atoms with van der Waals surface area (Å²) in [7, 11) is -4.12. The summed E-state index contributed by atoms with van der Waals surface area (Å²) in [5, 5.41) is 3.20. The first-order chi connectivity index (χ1) is 12.8. The Kier molecular flexibility index (Phi) is 6.97. The number of carbonyl (C=O) groups is 1. The molecule has 0 bridgehead atoms. The van der Waals surface area contributed by atoms with Crippen LogP contribution in [-0.2, 0) is 10.0 Å². The van der Waals surface area contributed by atoms with Crippen molar-refractivity contribution in [2.45, 2.75) is 17.9 Å². The lowest BCUT2D eigenvalue weighted by molar-refractivity contribution is 0.0656. The van der Waals surface area contributed by atoms with Crippen LogP contribution in [0.3, 0.4) is 0 Å². The fourth-order valence-electron chi connectivity index (χ4n) is 2.88. The zero-order valence-electron chi connectivity index (χ0n) is 15.0. The van der Waals surface area contributed by atoms with Gasteiger partial charge in [0.1, 0.15) is 0 Å². The Bertz CT molecular complexity index is 972. The second kappa shape index (κ2) is 8.85. The van der Waals surface area contributed by atoms with Crippen LogP contribution in [0.2, 0.25) is 0 Å². The molecule has 1 amide bonds. The van der Waals surface area contributed by atoms with E-state index in [1.54, 1.807) is 17.0 Å². The molecule has 1 fully saturated rings. The van der Waals surface area contributed by atoms with Crippen molar-refractivity contribution < 1.29 is 22.0 Å². The summed E-state index contributed by atoms with van der Waals surface area (Å²) in [4.78, 5) is 14.0. The normalized spacial score (nSPS) is 17.0. The molecule has 1 heterocycles. The maximum absolute atomic E-state index is 13.3. The summed E-state index contributed by atoms with van der Waals surface area (Å²) in [6.07, 6.45) is 0. The predicted molar refractivity (Wildman–Crippen MR) is 104 cm³/mol. The number of halogens is 3. The standard InChI is InChI=1S/C18H19F2N3O3S.ClH/c1-12-11-21-7-8-23(12)18(24)13-3-2-4-14(9-13)22-27(25,26)15-5-6-16(19)17(20)10-15;/h2-6,9-10,12,21-22H,7-8,11H2,1H3;1H/t12-;/m1./s1. The van der Waals surface area contributed by atoms with Gasteiger partial charge in [0.2, 0.25) is 0 Å². The van der Waals surface area contributed by atoms with Crippen molar-refractivity contribution in [3.05, 3.63) is 59.7 Å².